The molecular formula is C14H19NO4. The Labute approximate surface area is 112 Å². The highest BCUT2D eigenvalue weighted by atomic mass is 16.4. The molecule has 1 aliphatic heterocycles. The van der Waals surface area contributed by atoms with Crippen molar-refractivity contribution in [3.8, 4) is 0 Å². The van der Waals surface area contributed by atoms with E-state index in [0.717, 1.165) is 32.1 Å². The SMILES string of the molecule is O=C(O)CC1(CN2C(=O)C3CC3C2=O)CCCCC1. The maximum absolute atomic E-state index is 12.0. The van der Waals surface area contributed by atoms with Crippen molar-refractivity contribution >= 4 is 17.8 Å². The van der Waals surface area contributed by atoms with Gasteiger partial charge in [0.15, 0.2) is 0 Å². The molecule has 2 aliphatic carbocycles. The minimum Gasteiger partial charge on any atom is -0.481 e. The molecule has 2 saturated carbocycles. The first-order valence-corrected chi connectivity index (χ1v) is 7.09. The van der Waals surface area contributed by atoms with Crippen molar-refractivity contribution in [2.24, 2.45) is 17.3 Å². The number of imide groups is 1. The highest BCUT2D eigenvalue weighted by Gasteiger charge is 2.59. The third kappa shape index (κ3) is 2.15. The van der Waals surface area contributed by atoms with Crippen molar-refractivity contribution in [1.82, 2.24) is 4.90 Å². The standard InChI is InChI=1S/C14H19NO4/c16-11(17)7-14(4-2-1-3-5-14)8-15-12(18)9-6-10(9)13(15)19/h9-10H,1-8H2,(H,16,17). The topological polar surface area (TPSA) is 74.7 Å². The van der Waals surface area contributed by atoms with Crippen LogP contribution in [0.25, 0.3) is 0 Å². The summed E-state index contributed by atoms with van der Waals surface area (Å²) in [5.41, 5.74) is -0.383. The molecule has 2 atom stereocenters. The highest BCUT2D eigenvalue weighted by molar-refractivity contribution is 6.08. The number of hydrogen-bond acceptors (Lipinski definition) is 3. The van der Waals surface area contributed by atoms with Gasteiger partial charge in [0.1, 0.15) is 0 Å². The van der Waals surface area contributed by atoms with Crippen LogP contribution in [0.1, 0.15) is 44.9 Å². The number of carboxylic acids is 1. The zero-order valence-corrected chi connectivity index (χ0v) is 10.9. The lowest BCUT2D eigenvalue weighted by Gasteiger charge is -2.38. The van der Waals surface area contributed by atoms with E-state index in [-0.39, 0.29) is 35.5 Å². The Bertz CT molecular complexity index is 419. The molecule has 0 bridgehead atoms. The smallest absolute Gasteiger partial charge is 0.303 e. The van der Waals surface area contributed by atoms with Crippen LogP contribution in [-0.4, -0.2) is 34.3 Å². The minimum absolute atomic E-state index is 0.0645. The third-order valence-electron chi connectivity index (χ3n) is 4.89. The van der Waals surface area contributed by atoms with Crippen LogP contribution in [-0.2, 0) is 14.4 Å². The maximum atomic E-state index is 12.0. The number of rotatable bonds is 4. The van der Waals surface area contributed by atoms with E-state index in [0.29, 0.717) is 13.0 Å². The van der Waals surface area contributed by atoms with Gasteiger partial charge in [0.2, 0.25) is 11.8 Å². The van der Waals surface area contributed by atoms with Gasteiger partial charge in [-0.25, -0.2) is 0 Å². The number of amides is 2. The zero-order chi connectivity index (χ0) is 13.6. The number of fused-ring (bicyclic) bond motifs is 1. The van der Waals surface area contributed by atoms with Gasteiger partial charge in [-0.2, -0.15) is 0 Å². The van der Waals surface area contributed by atoms with Crippen LogP contribution < -0.4 is 0 Å². The Morgan fingerprint density at radius 3 is 2.26 bits per heavy atom. The summed E-state index contributed by atoms with van der Waals surface area (Å²) in [6, 6.07) is 0. The molecule has 3 fully saturated rings. The Balaban J connectivity index is 1.75. The summed E-state index contributed by atoms with van der Waals surface area (Å²) in [5, 5.41) is 9.11. The van der Waals surface area contributed by atoms with E-state index in [1.165, 1.54) is 4.90 Å². The number of carbonyl (C=O) groups excluding carboxylic acids is 2. The number of carboxylic acid groups (broad SMARTS) is 1. The van der Waals surface area contributed by atoms with E-state index in [1.807, 2.05) is 0 Å². The van der Waals surface area contributed by atoms with Gasteiger partial charge in [-0.1, -0.05) is 19.3 Å². The molecule has 0 spiro atoms. The zero-order valence-electron chi connectivity index (χ0n) is 10.9. The quantitative estimate of drug-likeness (QED) is 0.780. The molecule has 2 amide bonds. The van der Waals surface area contributed by atoms with Crippen molar-refractivity contribution in [3.05, 3.63) is 0 Å². The molecule has 0 aromatic rings. The lowest BCUT2D eigenvalue weighted by atomic mass is 9.71. The van der Waals surface area contributed by atoms with Crippen LogP contribution in [0.5, 0.6) is 0 Å². The van der Waals surface area contributed by atoms with Crippen LogP contribution in [0.4, 0.5) is 0 Å². The predicted octanol–water partition coefficient (Wildman–Crippen LogP) is 1.42. The second-order valence-electron chi connectivity index (χ2n) is 6.34. The summed E-state index contributed by atoms with van der Waals surface area (Å²) in [7, 11) is 0. The lowest BCUT2D eigenvalue weighted by Crippen LogP contribution is -2.44. The van der Waals surface area contributed by atoms with Crippen molar-refractivity contribution in [2.75, 3.05) is 6.54 Å². The molecule has 19 heavy (non-hydrogen) atoms. The summed E-state index contributed by atoms with van der Waals surface area (Å²) in [6.45, 7) is 0.323. The number of aliphatic carboxylic acids is 1. The molecule has 0 aromatic heterocycles. The van der Waals surface area contributed by atoms with Crippen LogP contribution in [0.3, 0.4) is 0 Å². The van der Waals surface area contributed by atoms with Crippen LogP contribution in [0.15, 0.2) is 0 Å². The van der Waals surface area contributed by atoms with E-state index in [2.05, 4.69) is 0 Å². The molecule has 5 heteroatoms. The van der Waals surface area contributed by atoms with Gasteiger partial charge in [0, 0.05) is 6.54 Å². The summed E-state index contributed by atoms with van der Waals surface area (Å²) in [5.74, 6) is -1.13. The molecule has 3 rings (SSSR count). The van der Waals surface area contributed by atoms with E-state index in [9.17, 15) is 14.4 Å². The van der Waals surface area contributed by atoms with Gasteiger partial charge in [0.25, 0.3) is 0 Å². The molecule has 1 saturated heterocycles. The second-order valence-corrected chi connectivity index (χ2v) is 6.34. The molecule has 0 aromatic carbocycles. The summed E-state index contributed by atoms with van der Waals surface area (Å²) >= 11 is 0. The van der Waals surface area contributed by atoms with Crippen molar-refractivity contribution in [2.45, 2.75) is 44.9 Å². The number of piperidine rings is 1. The first-order valence-electron chi connectivity index (χ1n) is 7.09. The fraction of sp³-hybridized carbons (Fsp3) is 0.786. The van der Waals surface area contributed by atoms with Gasteiger partial charge in [0.05, 0.1) is 18.3 Å². The molecule has 1 heterocycles. The van der Waals surface area contributed by atoms with Gasteiger partial charge < -0.3 is 5.11 Å². The number of carbonyl (C=O) groups is 3. The van der Waals surface area contributed by atoms with E-state index in [4.69, 9.17) is 5.11 Å². The summed E-state index contributed by atoms with van der Waals surface area (Å²) < 4.78 is 0. The largest absolute Gasteiger partial charge is 0.481 e. The Morgan fingerprint density at radius 1 is 1.16 bits per heavy atom. The van der Waals surface area contributed by atoms with E-state index in [1.54, 1.807) is 0 Å². The van der Waals surface area contributed by atoms with Crippen LogP contribution >= 0.6 is 0 Å². The predicted molar refractivity (Wildman–Crippen MR) is 66.1 cm³/mol. The Hall–Kier alpha value is -1.39. The molecule has 1 N–H and O–H groups in total. The molecule has 5 nitrogen and oxygen atoms in total. The third-order valence-corrected chi connectivity index (χ3v) is 4.89. The monoisotopic (exact) mass is 265 g/mol. The average molecular weight is 265 g/mol. The number of likely N-dealkylation sites (tertiary alicyclic amines) is 1. The maximum Gasteiger partial charge on any atom is 0.303 e. The van der Waals surface area contributed by atoms with Crippen LogP contribution in [0.2, 0.25) is 0 Å². The lowest BCUT2D eigenvalue weighted by molar-refractivity contribution is -0.148. The minimum atomic E-state index is -0.828. The molecule has 0 radical (unpaired) electrons. The molecule has 2 unspecified atom stereocenters. The highest BCUT2D eigenvalue weighted by Crippen LogP contribution is 2.49. The Kier molecular flexibility index (Phi) is 2.87. The van der Waals surface area contributed by atoms with Gasteiger partial charge >= 0.3 is 5.97 Å². The molecular weight excluding hydrogens is 246 g/mol. The van der Waals surface area contributed by atoms with Gasteiger partial charge in [-0.15, -0.1) is 0 Å². The first-order chi connectivity index (χ1) is 9.02. The van der Waals surface area contributed by atoms with Crippen LogP contribution in [0, 0.1) is 17.3 Å². The fourth-order valence-electron chi connectivity index (χ4n) is 3.75. The van der Waals surface area contributed by atoms with Gasteiger partial charge in [-0.05, 0) is 24.7 Å². The second kappa shape index (κ2) is 4.32. The Morgan fingerprint density at radius 2 is 1.74 bits per heavy atom. The van der Waals surface area contributed by atoms with Crippen molar-refractivity contribution in [3.63, 3.8) is 0 Å². The molecule has 104 valence electrons. The number of nitrogens with zero attached hydrogens (tertiary/aromatic N) is 1. The van der Waals surface area contributed by atoms with Crippen molar-refractivity contribution < 1.29 is 19.5 Å². The summed E-state index contributed by atoms with van der Waals surface area (Å²) in [6.07, 6.45) is 5.51. The number of hydrogen-bond donors (Lipinski definition) is 1. The van der Waals surface area contributed by atoms with Crippen molar-refractivity contribution in [1.29, 1.82) is 0 Å². The normalized spacial score (nSPS) is 32.3. The van der Waals surface area contributed by atoms with E-state index < -0.39 is 5.97 Å². The fourth-order valence-corrected chi connectivity index (χ4v) is 3.75. The van der Waals surface area contributed by atoms with Gasteiger partial charge in [-0.3, -0.25) is 19.3 Å². The first kappa shape index (κ1) is 12.6. The van der Waals surface area contributed by atoms with E-state index >= 15 is 0 Å². The molecule has 3 aliphatic rings. The average Bonchev–Trinajstić information content (AvgIpc) is 3.10. The summed E-state index contributed by atoms with van der Waals surface area (Å²) in [4.78, 5) is 36.5.